The van der Waals surface area contributed by atoms with Gasteiger partial charge in [0.25, 0.3) is 11.8 Å². The van der Waals surface area contributed by atoms with Crippen LogP contribution in [0.2, 0.25) is 0 Å². The molecule has 4 rings (SSSR count). The van der Waals surface area contributed by atoms with Crippen molar-refractivity contribution < 1.29 is 18.8 Å². The Kier molecular flexibility index (Phi) is 3.91. The van der Waals surface area contributed by atoms with E-state index in [2.05, 4.69) is 5.32 Å². The molecule has 2 heterocycles. The molecule has 2 aliphatic rings. The Hall–Kier alpha value is -3.22. The largest absolute Gasteiger partial charge is 0.332 e. The second kappa shape index (κ2) is 6.25. The van der Waals surface area contributed by atoms with E-state index in [9.17, 15) is 18.8 Å². The lowest BCUT2D eigenvalue weighted by molar-refractivity contribution is -0.122. The van der Waals surface area contributed by atoms with Crippen LogP contribution in [0.3, 0.4) is 0 Å². The van der Waals surface area contributed by atoms with Gasteiger partial charge < -0.3 is 10.2 Å². The maximum absolute atomic E-state index is 13.2. The summed E-state index contributed by atoms with van der Waals surface area (Å²) in [7, 11) is 0. The highest BCUT2D eigenvalue weighted by Crippen LogP contribution is 2.29. The molecule has 1 N–H and O–H groups in total. The summed E-state index contributed by atoms with van der Waals surface area (Å²) in [6.07, 6.45) is 0.512. The molecule has 0 bridgehead atoms. The van der Waals surface area contributed by atoms with Gasteiger partial charge in [-0.1, -0.05) is 18.2 Å². The fourth-order valence-corrected chi connectivity index (χ4v) is 3.51. The highest BCUT2D eigenvalue weighted by atomic mass is 19.1. The average Bonchev–Trinajstić information content (AvgIpc) is 3.07. The second-order valence-electron chi connectivity index (χ2n) is 6.30. The highest BCUT2D eigenvalue weighted by molar-refractivity contribution is 6.19. The molecule has 6 nitrogen and oxygen atoms in total. The maximum atomic E-state index is 13.2. The molecule has 7 heteroatoms. The molecule has 2 aromatic rings. The lowest BCUT2D eigenvalue weighted by atomic mass is 10.0. The second-order valence-corrected chi connectivity index (χ2v) is 6.30. The molecule has 0 aromatic heterocycles. The van der Waals surface area contributed by atoms with Gasteiger partial charge in [-0.25, -0.2) is 14.1 Å². The Balaban J connectivity index is 1.65. The van der Waals surface area contributed by atoms with Crippen LogP contribution in [0.4, 0.5) is 14.9 Å². The number of carbonyl (C=O) groups excluding carboxylic acids is 3. The average molecular weight is 353 g/mol. The van der Waals surface area contributed by atoms with E-state index in [0.29, 0.717) is 18.5 Å². The smallest absolute Gasteiger partial charge is 0.329 e. The lowest BCUT2D eigenvalue weighted by Crippen LogP contribution is -2.65. The van der Waals surface area contributed by atoms with E-state index >= 15 is 0 Å². The number of likely N-dealkylation sites (tertiary alicyclic amines) is 1. The predicted octanol–water partition coefficient (Wildman–Crippen LogP) is 2.17. The predicted molar refractivity (Wildman–Crippen MR) is 92.1 cm³/mol. The van der Waals surface area contributed by atoms with E-state index in [4.69, 9.17) is 0 Å². The van der Waals surface area contributed by atoms with Gasteiger partial charge in [0.05, 0.1) is 11.7 Å². The quantitative estimate of drug-likeness (QED) is 0.900. The molecule has 2 saturated heterocycles. The molecule has 0 radical (unpaired) electrons. The SMILES string of the molecule is O=C1N[C@H]2CCN(C(=O)c3ccccc3)[C@@H]2C(=O)N1c1ccc(F)cc1. The van der Waals surface area contributed by atoms with Crippen molar-refractivity contribution in [3.63, 3.8) is 0 Å². The normalized spacial score (nSPS) is 22.2. The molecular weight excluding hydrogens is 337 g/mol. The van der Waals surface area contributed by atoms with Gasteiger partial charge in [0, 0.05) is 12.1 Å². The van der Waals surface area contributed by atoms with E-state index in [1.54, 1.807) is 24.3 Å². The number of amides is 4. The third-order valence-electron chi connectivity index (χ3n) is 4.75. The monoisotopic (exact) mass is 353 g/mol. The molecular formula is C19H16FN3O3. The summed E-state index contributed by atoms with van der Waals surface area (Å²) in [5.41, 5.74) is 0.762. The summed E-state index contributed by atoms with van der Waals surface area (Å²) in [6, 6.07) is 12.1. The van der Waals surface area contributed by atoms with Crippen LogP contribution < -0.4 is 10.2 Å². The van der Waals surface area contributed by atoms with Crippen molar-refractivity contribution in [2.45, 2.75) is 18.5 Å². The summed E-state index contributed by atoms with van der Waals surface area (Å²) in [6.45, 7) is 0.381. The van der Waals surface area contributed by atoms with Gasteiger partial charge >= 0.3 is 6.03 Å². The number of rotatable bonds is 2. The van der Waals surface area contributed by atoms with Crippen molar-refractivity contribution in [3.8, 4) is 0 Å². The zero-order valence-electron chi connectivity index (χ0n) is 13.8. The van der Waals surface area contributed by atoms with Crippen LogP contribution in [0, 0.1) is 5.82 Å². The van der Waals surface area contributed by atoms with Crippen molar-refractivity contribution in [3.05, 3.63) is 66.0 Å². The van der Waals surface area contributed by atoms with Crippen molar-refractivity contribution in [2.75, 3.05) is 11.4 Å². The van der Waals surface area contributed by atoms with Crippen molar-refractivity contribution in [2.24, 2.45) is 0 Å². The molecule has 0 spiro atoms. The number of benzene rings is 2. The number of imide groups is 1. The first-order valence-corrected chi connectivity index (χ1v) is 8.32. The van der Waals surface area contributed by atoms with Crippen molar-refractivity contribution in [1.29, 1.82) is 0 Å². The van der Waals surface area contributed by atoms with Crippen LogP contribution in [0.1, 0.15) is 16.8 Å². The maximum Gasteiger partial charge on any atom is 0.329 e. The van der Waals surface area contributed by atoms with Crippen LogP contribution in [-0.4, -0.2) is 41.4 Å². The van der Waals surface area contributed by atoms with Gasteiger partial charge in [-0.05, 0) is 42.8 Å². The lowest BCUT2D eigenvalue weighted by Gasteiger charge is -2.36. The first-order chi connectivity index (χ1) is 12.6. The molecule has 2 aromatic carbocycles. The van der Waals surface area contributed by atoms with Gasteiger partial charge in [-0.3, -0.25) is 9.59 Å². The van der Waals surface area contributed by atoms with E-state index < -0.39 is 29.8 Å². The molecule has 2 fully saturated rings. The molecule has 26 heavy (non-hydrogen) atoms. The van der Waals surface area contributed by atoms with E-state index in [-0.39, 0.29) is 11.6 Å². The van der Waals surface area contributed by atoms with Crippen LogP contribution in [0.5, 0.6) is 0 Å². The fraction of sp³-hybridized carbons (Fsp3) is 0.211. The minimum Gasteiger partial charge on any atom is -0.332 e. The minimum absolute atomic E-state index is 0.248. The number of nitrogens with one attached hydrogen (secondary N) is 1. The number of carbonyl (C=O) groups is 3. The van der Waals surface area contributed by atoms with Crippen LogP contribution in [-0.2, 0) is 4.79 Å². The van der Waals surface area contributed by atoms with Crippen LogP contribution >= 0.6 is 0 Å². The number of anilines is 1. The molecule has 2 aliphatic heterocycles. The summed E-state index contributed by atoms with van der Waals surface area (Å²) in [4.78, 5) is 40.7. The Bertz CT molecular complexity index is 869. The minimum atomic E-state index is -0.773. The Morgan fingerprint density at radius 2 is 1.73 bits per heavy atom. The number of hydrogen-bond acceptors (Lipinski definition) is 3. The Labute approximate surface area is 149 Å². The first-order valence-electron chi connectivity index (χ1n) is 8.32. The third kappa shape index (κ3) is 2.61. The Morgan fingerprint density at radius 1 is 1.04 bits per heavy atom. The first kappa shape index (κ1) is 16.3. The van der Waals surface area contributed by atoms with Gasteiger partial charge in [-0.2, -0.15) is 0 Å². The topological polar surface area (TPSA) is 69.7 Å². The van der Waals surface area contributed by atoms with E-state index in [1.807, 2.05) is 6.07 Å². The highest BCUT2D eigenvalue weighted by Gasteiger charge is 2.49. The van der Waals surface area contributed by atoms with E-state index in [1.165, 1.54) is 29.2 Å². The zero-order chi connectivity index (χ0) is 18.3. The standard InChI is InChI=1S/C19H16FN3O3/c20-13-6-8-14(9-7-13)23-18(25)16-15(21-19(23)26)10-11-22(16)17(24)12-4-2-1-3-5-12/h1-9,15-16H,10-11H2,(H,21,26)/t15-,16-/m0/s1. The van der Waals surface area contributed by atoms with Gasteiger partial charge in [-0.15, -0.1) is 0 Å². The molecule has 4 amide bonds. The fourth-order valence-electron chi connectivity index (χ4n) is 3.51. The van der Waals surface area contributed by atoms with Crippen LogP contribution in [0.15, 0.2) is 54.6 Å². The van der Waals surface area contributed by atoms with Gasteiger partial charge in [0.2, 0.25) is 0 Å². The van der Waals surface area contributed by atoms with Crippen molar-refractivity contribution in [1.82, 2.24) is 10.2 Å². The number of hydrogen-bond donors (Lipinski definition) is 1. The summed E-state index contributed by atoms with van der Waals surface area (Å²) in [5, 5.41) is 2.79. The van der Waals surface area contributed by atoms with E-state index in [0.717, 1.165) is 4.90 Å². The summed E-state index contributed by atoms with van der Waals surface area (Å²) < 4.78 is 13.2. The van der Waals surface area contributed by atoms with Gasteiger partial charge in [0.15, 0.2) is 0 Å². The van der Waals surface area contributed by atoms with Crippen molar-refractivity contribution >= 4 is 23.5 Å². The molecule has 2 atom stereocenters. The number of nitrogens with zero attached hydrogens (tertiary/aromatic N) is 2. The Morgan fingerprint density at radius 3 is 2.42 bits per heavy atom. The molecule has 0 aliphatic carbocycles. The number of urea groups is 1. The summed E-state index contributed by atoms with van der Waals surface area (Å²) in [5.74, 6) is -1.19. The number of fused-ring (bicyclic) bond motifs is 1. The number of halogens is 1. The molecule has 0 saturated carbocycles. The van der Waals surface area contributed by atoms with Crippen LogP contribution in [0.25, 0.3) is 0 Å². The molecule has 0 unspecified atom stereocenters. The zero-order valence-corrected chi connectivity index (χ0v) is 13.8. The molecule has 132 valence electrons. The third-order valence-corrected chi connectivity index (χ3v) is 4.75. The summed E-state index contributed by atoms with van der Waals surface area (Å²) >= 11 is 0. The van der Waals surface area contributed by atoms with Gasteiger partial charge in [0.1, 0.15) is 11.9 Å².